The quantitative estimate of drug-likeness (QED) is 0.522. The van der Waals surface area contributed by atoms with Gasteiger partial charge in [0.05, 0.1) is 6.54 Å². The molecule has 0 fully saturated rings. The van der Waals surface area contributed by atoms with Crippen LogP contribution in [0.15, 0.2) is 35.3 Å². The molecule has 4 heteroatoms. The van der Waals surface area contributed by atoms with Crippen molar-refractivity contribution in [1.82, 2.24) is 4.90 Å². The van der Waals surface area contributed by atoms with Crippen molar-refractivity contribution in [3.63, 3.8) is 0 Å². The third kappa shape index (κ3) is 4.83. The van der Waals surface area contributed by atoms with Crippen LogP contribution in [-0.2, 0) is 6.54 Å². The minimum Gasteiger partial charge on any atom is -0.370 e. The molecule has 0 saturated heterocycles. The Hall–Kier alpha value is -0.780. The second-order valence-corrected chi connectivity index (χ2v) is 3.33. The van der Waals surface area contributed by atoms with Crippen molar-refractivity contribution < 1.29 is 0 Å². The Morgan fingerprint density at radius 2 is 1.75 bits per heavy atom. The van der Waals surface area contributed by atoms with Gasteiger partial charge in [-0.2, -0.15) is 0 Å². The summed E-state index contributed by atoms with van der Waals surface area (Å²) in [5.41, 5.74) is 7.05. The standard InChI is InChI=1S/C12H19N3.HI/c1-3-15(4-2)12(13)14-10-11-8-6-5-7-9-11;/h5-9H,3-4,10H2,1-2H3,(H2,13,14);1H. The number of guanidine groups is 1. The van der Waals surface area contributed by atoms with Crippen molar-refractivity contribution in [2.75, 3.05) is 13.1 Å². The number of benzene rings is 1. The van der Waals surface area contributed by atoms with E-state index in [1.54, 1.807) is 0 Å². The molecule has 1 rings (SSSR count). The third-order valence-electron chi connectivity index (χ3n) is 2.35. The van der Waals surface area contributed by atoms with E-state index >= 15 is 0 Å². The van der Waals surface area contributed by atoms with Crippen LogP contribution in [0.5, 0.6) is 0 Å². The Bertz CT molecular complexity index is 307. The fraction of sp³-hybridized carbons (Fsp3) is 0.417. The fourth-order valence-electron chi connectivity index (χ4n) is 1.40. The third-order valence-corrected chi connectivity index (χ3v) is 2.35. The average molecular weight is 333 g/mol. The van der Waals surface area contributed by atoms with Gasteiger partial charge in [0.25, 0.3) is 0 Å². The van der Waals surface area contributed by atoms with Gasteiger partial charge in [-0.05, 0) is 19.4 Å². The van der Waals surface area contributed by atoms with Gasteiger partial charge in [0.1, 0.15) is 0 Å². The number of hydrogen-bond acceptors (Lipinski definition) is 1. The van der Waals surface area contributed by atoms with Crippen LogP contribution in [0.2, 0.25) is 0 Å². The molecule has 0 heterocycles. The zero-order valence-electron chi connectivity index (χ0n) is 9.89. The Morgan fingerprint density at radius 3 is 2.25 bits per heavy atom. The number of nitrogens with zero attached hydrogens (tertiary/aromatic N) is 2. The van der Waals surface area contributed by atoms with Crippen LogP contribution < -0.4 is 5.73 Å². The molecular formula is C12H20IN3. The number of aliphatic imine (C=N–C) groups is 1. The molecule has 0 aliphatic rings. The van der Waals surface area contributed by atoms with Crippen molar-refractivity contribution >= 4 is 29.9 Å². The molecule has 0 aromatic heterocycles. The van der Waals surface area contributed by atoms with Crippen molar-refractivity contribution in [2.45, 2.75) is 20.4 Å². The summed E-state index contributed by atoms with van der Waals surface area (Å²) in [6, 6.07) is 10.1. The first-order valence-electron chi connectivity index (χ1n) is 5.36. The summed E-state index contributed by atoms with van der Waals surface area (Å²) in [5, 5.41) is 0. The van der Waals surface area contributed by atoms with Gasteiger partial charge in [-0.15, -0.1) is 24.0 Å². The van der Waals surface area contributed by atoms with Crippen LogP contribution in [-0.4, -0.2) is 23.9 Å². The molecule has 0 amide bonds. The topological polar surface area (TPSA) is 41.6 Å². The Labute approximate surface area is 115 Å². The largest absolute Gasteiger partial charge is 0.370 e. The average Bonchev–Trinajstić information content (AvgIpc) is 2.29. The van der Waals surface area contributed by atoms with Crippen molar-refractivity contribution in [1.29, 1.82) is 0 Å². The Balaban J connectivity index is 0.00000225. The van der Waals surface area contributed by atoms with Gasteiger partial charge < -0.3 is 10.6 Å². The van der Waals surface area contributed by atoms with Crippen LogP contribution in [0.25, 0.3) is 0 Å². The summed E-state index contributed by atoms with van der Waals surface area (Å²) in [5.74, 6) is 0.629. The van der Waals surface area contributed by atoms with Gasteiger partial charge in [0.2, 0.25) is 0 Å². The maximum absolute atomic E-state index is 5.86. The van der Waals surface area contributed by atoms with Crippen LogP contribution >= 0.6 is 24.0 Å². The van der Waals surface area contributed by atoms with Gasteiger partial charge in [0, 0.05) is 13.1 Å². The molecule has 0 saturated carbocycles. The lowest BCUT2D eigenvalue weighted by Crippen LogP contribution is -2.37. The summed E-state index contributed by atoms with van der Waals surface area (Å²) in [6.07, 6.45) is 0. The van der Waals surface area contributed by atoms with E-state index in [1.165, 1.54) is 5.56 Å². The van der Waals surface area contributed by atoms with E-state index < -0.39 is 0 Å². The molecule has 0 radical (unpaired) electrons. The molecule has 0 atom stereocenters. The van der Waals surface area contributed by atoms with E-state index in [9.17, 15) is 0 Å². The number of nitrogens with two attached hydrogens (primary N) is 1. The van der Waals surface area contributed by atoms with Gasteiger partial charge >= 0.3 is 0 Å². The van der Waals surface area contributed by atoms with Crippen molar-refractivity contribution in [3.8, 4) is 0 Å². The number of rotatable bonds is 4. The summed E-state index contributed by atoms with van der Waals surface area (Å²) in [4.78, 5) is 6.40. The lowest BCUT2D eigenvalue weighted by Gasteiger charge is -2.19. The molecule has 1 aromatic rings. The van der Waals surface area contributed by atoms with Crippen LogP contribution in [0, 0.1) is 0 Å². The molecule has 0 bridgehead atoms. The highest BCUT2D eigenvalue weighted by molar-refractivity contribution is 14.0. The highest BCUT2D eigenvalue weighted by Crippen LogP contribution is 2.00. The van der Waals surface area contributed by atoms with Gasteiger partial charge in [-0.25, -0.2) is 4.99 Å². The Kier molecular flexibility index (Phi) is 7.97. The SMILES string of the molecule is CCN(CC)C(N)=NCc1ccccc1.I. The summed E-state index contributed by atoms with van der Waals surface area (Å²) in [6.45, 7) is 6.62. The monoisotopic (exact) mass is 333 g/mol. The molecule has 16 heavy (non-hydrogen) atoms. The number of hydrogen-bond donors (Lipinski definition) is 1. The zero-order valence-corrected chi connectivity index (χ0v) is 12.2. The lowest BCUT2D eigenvalue weighted by molar-refractivity contribution is 0.458. The first-order valence-corrected chi connectivity index (χ1v) is 5.36. The summed E-state index contributed by atoms with van der Waals surface area (Å²) in [7, 11) is 0. The zero-order chi connectivity index (χ0) is 11.1. The predicted molar refractivity (Wildman–Crippen MR) is 80.1 cm³/mol. The van der Waals surface area contributed by atoms with Gasteiger partial charge in [-0.1, -0.05) is 30.3 Å². The van der Waals surface area contributed by atoms with E-state index in [2.05, 4.69) is 31.0 Å². The minimum absolute atomic E-state index is 0. The molecule has 0 unspecified atom stereocenters. The summed E-state index contributed by atoms with van der Waals surface area (Å²) < 4.78 is 0. The highest BCUT2D eigenvalue weighted by atomic mass is 127. The van der Waals surface area contributed by atoms with E-state index in [0.29, 0.717) is 12.5 Å². The normalized spacial score (nSPS) is 10.8. The van der Waals surface area contributed by atoms with Gasteiger partial charge in [-0.3, -0.25) is 0 Å². The van der Waals surface area contributed by atoms with E-state index in [1.807, 2.05) is 23.1 Å². The van der Waals surface area contributed by atoms with Crippen LogP contribution in [0.4, 0.5) is 0 Å². The maximum atomic E-state index is 5.86. The van der Waals surface area contributed by atoms with Gasteiger partial charge in [0.15, 0.2) is 5.96 Å². The maximum Gasteiger partial charge on any atom is 0.191 e. The van der Waals surface area contributed by atoms with E-state index in [-0.39, 0.29) is 24.0 Å². The van der Waals surface area contributed by atoms with Crippen molar-refractivity contribution in [3.05, 3.63) is 35.9 Å². The van der Waals surface area contributed by atoms with E-state index in [4.69, 9.17) is 5.73 Å². The second kappa shape index (κ2) is 8.38. The molecule has 0 spiro atoms. The minimum atomic E-state index is 0. The molecular weight excluding hydrogens is 313 g/mol. The fourth-order valence-corrected chi connectivity index (χ4v) is 1.40. The molecule has 90 valence electrons. The molecule has 0 aliphatic carbocycles. The van der Waals surface area contributed by atoms with E-state index in [0.717, 1.165) is 13.1 Å². The highest BCUT2D eigenvalue weighted by Gasteiger charge is 2.00. The first kappa shape index (κ1) is 15.2. The predicted octanol–water partition coefficient (Wildman–Crippen LogP) is 2.46. The number of halogens is 1. The molecule has 2 N–H and O–H groups in total. The molecule has 1 aromatic carbocycles. The van der Waals surface area contributed by atoms with Crippen LogP contribution in [0.3, 0.4) is 0 Å². The Morgan fingerprint density at radius 1 is 1.19 bits per heavy atom. The molecule has 3 nitrogen and oxygen atoms in total. The summed E-state index contributed by atoms with van der Waals surface area (Å²) >= 11 is 0. The molecule has 0 aliphatic heterocycles. The van der Waals surface area contributed by atoms with Crippen molar-refractivity contribution in [2.24, 2.45) is 10.7 Å². The van der Waals surface area contributed by atoms with Crippen LogP contribution in [0.1, 0.15) is 19.4 Å². The smallest absolute Gasteiger partial charge is 0.191 e. The lowest BCUT2D eigenvalue weighted by atomic mass is 10.2. The second-order valence-electron chi connectivity index (χ2n) is 3.33. The first-order chi connectivity index (χ1) is 7.27.